The molecule has 1 heterocycles. The van der Waals surface area contributed by atoms with E-state index in [4.69, 9.17) is 9.83 Å². The van der Waals surface area contributed by atoms with E-state index in [9.17, 15) is 20.2 Å². The summed E-state index contributed by atoms with van der Waals surface area (Å²) in [7, 11) is 0. The van der Waals surface area contributed by atoms with Gasteiger partial charge in [-0.25, -0.2) is 0 Å². The highest BCUT2D eigenvalue weighted by atomic mass is 16.6. The van der Waals surface area contributed by atoms with E-state index in [1.54, 1.807) is 25.1 Å². The SMILES string of the molecule is C/C(=N\Nc1ccc([N+](=O)[O-])cc1[N+](=O)[O-])c1cc2ccccc2oc1=N. The molecule has 3 aromatic rings. The van der Waals surface area contributed by atoms with Gasteiger partial charge < -0.3 is 4.42 Å². The molecular formula is C17H13N5O5. The second kappa shape index (κ2) is 7.04. The fraction of sp³-hybridized carbons (Fsp3) is 0.0588. The molecule has 1 aromatic heterocycles. The molecule has 0 fully saturated rings. The molecule has 27 heavy (non-hydrogen) atoms. The monoisotopic (exact) mass is 367 g/mol. The van der Waals surface area contributed by atoms with Gasteiger partial charge >= 0.3 is 5.69 Å². The summed E-state index contributed by atoms with van der Waals surface area (Å²) < 4.78 is 5.44. The smallest absolute Gasteiger partial charge is 0.301 e. The highest BCUT2D eigenvalue weighted by Gasteiger charge is 2.19. The Bertz CT molecular complexity index is 1150. The van der Waals surface area contributed by atoms with Crippen molar-refractivity contribution in [2.24, 2.45) is 5.10 Å². The zero-order valence-electron chi connectivity index (χ0n) is 14.0. The van der Waals surface area contributed by atoms with E-state index in [-0.39, 0.29) is 11.2 Å². The average Bonchev–Trinajstić information content (AvgIpc) is 2.65. The number of nitrogens with zero attached hydrogens (tertiary/aromatic N) is 3. The number of hydrazone groups is 1. The van der Waals surface area contributed by atoms with Gasteiger partial charge in [-0.3, -0.25) is 31.1 Å². The molecule has 2 N–H and O–H groups in total. The Labute approximate surface area is 151 Å². The van der Waals surface area contributed by atoms with E-state index in [0.717, 1.165) is 17.5 Å². The van der Waals surface area contributed by atoms with Gasteiger partial charge in [0.15, 0.2) is 0 Å². The van der Waals surface area contributed by atoms with Gasteiger partial charge in [0.2, 0.25) is 5.55 Å². The van der Waals surface area contributed by atoms with Gasteiger partial charge in [0.25, 0.3) is 5.69 Å². The number of hydrogen-bond donors (Lipinski definition) is 2. The van der Waals surface area contributed by atoms with Crippen molar-refractivity contribution < 1.29 is 14.3 Å². The topological polar surface area (TPSA) is 148 Å². The first-order valence-corrected chi connectivity index (χ1v) is 7.68. The molecular weight excluding hydrogens is 354 g/mol. The summed E-state index contributed by atoms with van der Waals surface area (Å²) in [6, 6.07) is 12.1. The van der Waals surface area contributed by atoms with Crippen LogP contribution in [0.4, 0.5) is 17.1 Å². The molecule has 2 aromatic carbocycles. The van der Waals surface area contributed by atoms with Crippen LogP contribution < -0.4 is 11.0 Å². The number of hydrogen-bond acceptors (Lipinski definition) is 8. The first kappa shape index (κ1) is 17.7. The summed E-state index contributed by atoms with van der Waals surface area (Å²) >= 11 is 0. The standard InChI is InChI=1S/C17H13N5O5/c1-10(13-8-11-4-2-3-5-16(11)27-17(13)18)19-20-14-7-6-12(21(23)24)9-15(14)22(25)26/h2-9,18,20H,1H3/b18-17?,19-10+. The van der Waals surface area contributed by atoms with Crippen molar-refractivity contribution in [3.05, 3.63) is 79.9 Å². The van der Waals surface area contributed by atoms with Crippen LogP contribution in [0.15, 0.2) is 58.0 Å². The van der Waals surface area contributed by atoms with Crippen LogP contribution in [-0.4, -0.2) is 15.6 Å². The van der Waals surface area contributed by atoms with Crippen molar-refractivity contribution in [2.75, 3.05) is 5.43 Å². The van der Waals surface area contributed by atoms with Crippen LogP contribution in [0.25, 0.3) is 11.0 Å². The van der Waals surface area contributed by atoms with Crippen LogP contribution in [-0.2, 0) is 0 Å². The molecule has 0 radical (unpaired) electrons. The van der Waals surface area contributed by atoms with Crippen LogP contribution in [0.1, 0.15) is 12.5 Å². The normalized spacial score (nSPS) is 11.4. The number of benzene rings is 2. The molecule has 3 rings (SSSR count). The highest BCUT2D eigenvalue weighted by molar-refractivity contribution is 6.00. The van der Waals surface area contributed by atoms with Gasteiger partial charge in [0.1, 0.15) is 11.3 Å². The lowest BCUT2D eigenvalue weighted by Gasteiger charge is -2.06. The lowest BCUT2D eigenvalue weighted by atomic mass is 10.1. The molecule has 136 valence electrons. The minimum Gasteiger partial charge on any atom is -0.438 e. The number of non-ortho nitro benzene ring substituents is 1. The molecule has 0 aliphatic carbocycles. The summed E-state index contributed by atoms with van der Waals surface area (Å²) in [4.78, 5) is 20.5. The number of fused-ring (bicyclic) bond motifs is 1. The van der Waals surface area contributed by atoms with Crippen molar-refractivity contribution in [3.8, 4) is 0 Å². The summed E-state index contributed by atoms with van der Waals surface area (Å²) in [5.74, 6) is 0. The van der Waals surface area contributed by atoms with Gasteiger partial charge in [-0.2, -0.15) is 5.10 Å². The fourth-order valence-electron chi connectivity index (χ4n) is 2.43. The Morgan fingerprint density at radius 1 is 1.11 bits per heavy atom. The third-order valence-corrected chi connectivity index (χ3v) is 3.80. The van der Waals surface area contributed by atoms with Crippen molar-refractivity contribution in [3.63, 3.8) is 0 Å². The van der Waals surface area contributed by atoms with Gasteiger partial charge in [-0.15, -0.1) is 0 Å². The van der Waals surface area contributed by atoms with Crippen molar-refractivity contribution in [2.45, 2.75) is 6.92 Å². The first-order valence-electron chi connectivity index (χ1n) is 7.68. The Morgan fingerprint density at radius 2 is 1.85 bits per heavy atom. The number of rotatable bonds is 5. The molecule has 0 aliphatic rings. The van der Waals surface area contributed by atoms with Crippen molar-refractivity contribution in [1.29, 1.82) is 5.41 Å². The third-order valence-electron chi connectivity index (χ3n) is 3.80. The first-order chi connectivity index (χ1) is 12.9. The number of para-hydroxylation sites is 1. The summed E-state index contributed by atoms with van der Waals surface area (Å²) in [5, 5.41) is 34.8. The molecule has 0 saturated heterocycles. The highest BCUT2D eigenvalue weighted by Crippen LogP contribution is 2.29. The molecule has 0 amide bonds. The van der Waals surface area contributed by atoms with Crippen molar-refractivity contribution in [1.82, 2.24) is 0 Å². The Hall–Kier alpha value is -4.08. The predicted molar refractivity (Wildman–Crippen MR) is 97.7 cm³/mol. The van der Waals surface area contributed by atoms with Crippen LogP contribution in [0.5, 0.6) is 0 Å². The Morgan fingerprint density at radius 3 is 2.56 bits per heavy atom. The fourth-order valence-corrected chi connectivity index (χ4v) is 2.43. The van der Waals surface area contributed by atoms with E-state index in [2.05, 4.69) is 10.5 Å². The van der Waals surface area contributed by atoms with Crippen LogP contribution in [0.3, 0.4) is 0 Å². The van der Waals surface area contributed by atoms with Gasteiger partial charge in [-0.1, -0.05) is 18.2 Å². The predicted octanol–water partition coefficient (Wildman–Crippen LogP) is 3.56. The second-order valence-corrected chi connectivity index (χ2v) is 5.55. The summed E-state index contributed by atoms with van der Waals surface area (Å²) in [5.41, 5.74) is 2.88. The van der Waals surface area contributed by atoms with E-state index in [1.807, 2.05) is 12.1 Å². The molecule has 10 nitrogen and oxygen atoms in total. The number of nitro groups is 2. The van der Waals surface area contributed by atoms with Crippen LogP contribution in [0, 0.1) is 25.6 Å². The Balaban J connectivity index is 1.96. The number of nitro benzene ring substituents is 2. The maximum Gasteiger partial charge on any atom is 0.301 e. The van der Waals surface area contributed by atoms with Crippen molar-refractivity contribution >= 4 is 33.7 Å². The van der Waals surface area contributed by atoms with Gasteiger partial charge in [0, 0.05) is 11.5 Å². The largest absolute Gasteiger partial charge is 0.438 e. The molecule has 0 saturated carbocycles. The summed E-state index contributed by atoms with van der Waals surface area (Å²) in [6.07, 6.45) is 0. The minimum atomic E-state index is -0.735. The van der Waals surface area contributed by atoms with E-state index >= 15 is 0 Å². The molecule has 0 aliphatic heterocycles. The van der Waals surface area contributed by atoms with Crippen LogP contribution >= 0.6 is 0 Å². The lowest BCUT2D eigenvalue weighted by Crippen LogP contribution is -2.13. The zero-order valence-corrected chi connectivity index (χ0v) is 14.0. The average molecular weight is 367 g/mol. The summed E-state index contributed by atoms with van der Waals surface area (Å²) in [6.45, 7) is 1.61. The van der Waals surface area contributed by atoms with Gasteiger partial charge in [-0.05, 0) is 25.1 Å². The number of anilines is 1. The molecule has 0 unspecified atom stereocenters. The maximum atomic E-state index is 11.2. The second-order valence-electron chi connectivity index (χ2n) is 5.55. The maximum absolute atomic E-state index is 11.2. The molecule has 0 atom stereocenters. The van der Waals surface area contributed by atoms with Gasteiger partial charge in [0.05, 0.1) is 27.2 Å². The zero-order chi connectivity index (χ0) is 19.6. The Kier molecular flexibility index (Phi) is 4.62. The van der Waals surface area contributed by atoms with E-state index in [0.29, 0.717) is 16.9 Å². The molecule has 0 bridgehead atoms. The lowest BCUT2D eigenvalue weighted by molar-refractivity contribution is -0.393. The number of nitrogens with one attached hydrogen (secondary N) is 2. The van der Waals surface area contributed by atoms with E-state index in [1.165, 1.54) is 6.07 Å². The van der Waals surface area contributed by atoms with E-state index < -0.39 is 21.2 Å². The molecule has 0 spiro atoms. The minimum absolute atomic E-state index is 0.00536. The molecule has 10 heteroatoms. The quantitative estimate of drug-likeness (QED) is 0.400. The third kappa shape index (κ3) is 3.63. The van der Waals surface area contributed by atoms with Crippen LogP contribution in [0.2, 0.25) is 0 Å².